The molecule has 0 aromatic heterocycles. The van der Waals surface area contributed by atoms with Gasteiger partial charge in [0.1, 0.15) is 32.3 Å². The summed E-state index contributed by atoms with van der Waals surface area (Å²) in [6.07, 6.45) is 2.65. The van der Waals surface area contributed by atoms with Gasteiger partial charge in [-0.3, -0.25) is 9.28 Å². The van der Waals surface area contributed by atoms with E-state index < -0.39 is 0 Å². The summed E-state index contributed by atoms with van der Waals surface area (Å²) in [6, 6.07) is 7.74. The Morgan fingerprint density at radius 1 is 1.09 bits per heavy atom. The monoisotopic (exact) mass is 315 g/mol. The molecule has 1 aromatic rings. The van der Waals surface area contributed by atoms with Gasteiger partial charge in [-0.2, -0.15) is 0 Å². The quantitative estimate of drug-likeness (QED) is 0.596. The van der Waals surface area contributed by atoms with Crippen molar-refractivity contribution in [2.75, 3.05) is 46.6 Å². The summed E-state index contributed by atoms with van der Waals surface area (Å²) in [5.74, 6) is 1.07. The molecule has 6 heteroatoms. The number of quaternary nitrogens is 1. The molecule has 4 aliphatic heterocycles. The molecule has 5 fully saturated rings. The van der Waals surface area contributed by atoms with Crippen LogP contribution in [0.3, 0.4) is 0 Å². The van der Waals surface area contributed by atoms with E-state index in [1.807, 2.05) is 24.3 Å². The Hall–Kier alpha value is -1.47. The molecule has 4 saturated heterocycles. The molecule has 0 N–H and O–H groups in total. The van der Waals surface area contributed by atoms with E-state index in [0.29, 0.717) is 12.6 Å². The summed E-state index contributed by atoms with van der Waals surface area (Å²) in [6.45, 7) is 6.72. The van der Waals surface area contributed by atoms with Crippen molar-refractivity contribution < 1.29 is 14.0 Å². The number of carbonyl (C=O) groups is 1. The lowest BCUT2D eigenvalue weighted by molar-refractivity contribution is -0.973. The maximum Gasteiger partial charge on any atom is 0.217 e. The van der Waals surface area contributed by atoms with Gasteiger partial charge in [-0.1, -0.05) is 12.1 Å². The Balaban J connectivity index is 1.33. The maximum atomic E-state index is 12.9. The number of hydrogen-bond acceptors (Lipinski definition) is 5. The fraction of sp³-hybridized carbons (Fsp3) is 0.588. The first-order valence-corrected chi connectivity index (χ1v) is 8.50. The lowest BCUT2D eigenvalue weighted by atomic mass is 10.1. The van der Waals surface area contributed by atoms with Crippen LogP contribution < -0.4 is 4.74 Å². The Labute approximate surface area is 136 Å². The average molecular weight is 315 g/mol. The molecule has 6 rings (SSSR count). The second-order valence-electron chi connectivity index (χ2n) is 7.63. The van der Waals surface area contributed by atoms with Gasteiger partial charge in [-0.05, 0) is 25.0 Å². The Morgan fingerprint density at radius 2 is 1.74 bits per heavy atom. The summed E-state index contributed by atoms with van der Waals surface area (Å²) < 4.78 is 6.68. The summed E-state index contributed by atoms with van der Waals surface area (Å²) in [5, 5.41) is 0. The van der Waals surface area contributed by atoms with Crippen LogP contribution in [-0.2, 0) is 0 Å². The SMILES string of the molecule is O=C(C[N+]12CN3CN(CN(C3)C1)C2)c1cccc(OC2CC2)c1. The molecule has 122 valence electrons. The topological polar surface area (TPSA) is 36.0 Å². The lowest BCUT2D eigenvalue weighted by Crippen LogP contribution is -2.79. The van der Waals surface area contributed by atoms with Crippen LogP contribution >= 0.6 is 0 Å². The number of ketones is 1. The fourth-order valence-electron chi connectivity index (χ4n) is 4.33. The molecule has 1 saturated carbocycles. The van der Waals surface area contributed by atoms with E-state index in [4.69, 9.17) is 4.74 Å². The lowest BCUT2D eigenvalue weighted by Gasteiger charge is -2.60. The van der Waals surface area contributed by atoms with Gasteiger partial charge in [-0.15, -0.1) is 0 Å². The first kappa shape index (κ1) is 13.9. The smallest absolute Gasteiger partial charge is 0.217 e. The van der Waals surface area contributed by atoms with Crippen molar-refractivity contribution in [1.29, 1.82) is 0 Å². The molecule has 0 radical (unpaired) electrons. The Kier molecular flexibility index (Phi) is 3.03. The van der Waals surface area contributed by atoms with Gasteiger partial charge >= 0.3 is 0 Å². The third-order valence-corrected chi connectivity index (χ3v) is 5.16. The van der Waals surface area contributed by atoms with Crippen molar-refractivity contribution >= 4 is 5.78 Å². The zero-order valence-corrected chi connectivity index (χ0v) is 13.4. The second kappa shape index (κ2) is 5.01. The maximum absolute atomic E-state index is 12.9. The Bertz CT molecular complexity index is 608. The number of rotatable bonds is 5. The van der Waals surface area contributed by atoms with Gasteiger partial charge in [0.15, 0.2) is 0 Å². The number of Topliss-reactive ketones (excluding diaryl/α,β-unsaturated/α-hetero) is 1. The molecule has 4 heterocycles. The van der Waals surface area contributed by atoms with Crippen LogP contribution in [0.15, 0.2) is 24.3 Å². The van der Waals surface area contributed by atoms with Crippen molar-refractivity contribution in [3.8, 4) is 5.75 Å². The zero-order valence-electron chi connectivity index (χ0n) is 13.4. The molecular weight excluding hydrogens is 292 g/mol. The van der Waals surface area contributed by atoms with Crippen LogP contribution in [0, 0.1) is 0 Å². The van der Waals surface area contributed by atoms with E-state index in [1.54, 1.807) is 0 Å². The van der Waals surface area contributed by atoms with Crippen LogP contribution in [0.4, 0.5) is 0 Å². The standard InChI is InChI=1S/C17H23N4O2/c22-17(14-2-1-3-16(6-14)23-15-4-5-15)7-21-11-18-8-19(12-21)10-20(9-18)13-21/h1-3,6,15H,4-5,7-13H2/q+1. The molecule has 5 aliphatic rings. The van der Waals surface area contributed by atoms with E-state index >= 15 is 0 Å². The van der Waals surface area contributed by atoms with E-state index in [2.05, 4.69) is 14.7 Å². The summed E-state index contributed by atoms with van der Waals surface area (Å²) in [7, 11) is 0. The number of carbonyl (C=O) groups excluding carboxylic acids is 1. The van der Waals surface area contributed by atoms with Crippen LogP contribution in [0.2, 0.25) is 0 Å². The van der Waals surface area contributed by atoms with Crippen LogP contribution in [0.1, 0.15) is 23.2 Å². The zero-order chi connectivity index (χ0) is 15.4. The van der Waals surface area contributed by atoms with Gasteiger partial charge in [-0.25, -0.2) is 14.7 Å². The number of nitrogens with zero attached hydrogens (tertiary/aromatic N) is 4. The van der Waals surface area contributed by atoms with E-state index in [9.17, 15) is 4.79 Å². The minimum atomic E-state index is 0.233. The molecular formula is C17H23N4O2+. The average Bonchev–Trinajstić information content (AvgIpc) is 3.29. The highest BCUT2D eigenvalue weighted by Crippen LogP contribution is 2.30. The number of ether oxygens (including phenoxy) is 1. The molecule has 0 unspecified atom stereocenters. The van der Waals surface area contributed by atoms with Crippen molar-refractivity contribution in [2.45, 2.75) is 18.9 Å². The van der Waals surface area contributed by atoms with Crippen LogP contribution in [0.25, 0.3) is 0 Å². The molecule has 1 aliphatic carbocycles. The molecule has 0 spiro atoms. The van der Waals surface area contributed by atoms with Crippen molar-refractivity contribution in [3.05, 3.63) is 29.8 Å². The van der Waals surface area contributed by atoms with Gasteiger partial charge in [0.05, 0.1) is 26.1 Å². The largest absolute Gasteiger partial charge is 0.490 e. The van der Waals surface area contributed by atoms with Crippen LogP contribution in [0.5, 0.6) is 5.75 Å². The number of hydrogen-bond donors (Lipinski definition) is 0. The third-order valence-electron chi connectivity index (χ3n) is 5.16. The van der Waals surface area contributed by atoms with Gasteiger partial charge in [0.2, 0.25) is 5.78 Å². The van der Waals surface area contributed by atoms with Gasteiger partial charge in [0.25, 0.3) is 0 Å². The number of benzene rings is 1. The van der Waals surface area contributed by atoms with E-state index in [1.165, 1.54) is 0 Å². The predicted molar refractivity (Wildman–Crippen MR) is 84.3 cm³/mol. The first-order valence-electron chi connectivity index (χ1n) is 8.50. The highest BCUT2D eigenvalue weighted by atomic mass is 16.5. The molecule has 1 aromatic carbocycles. The summed E-state index contributed by atoms with van der Waals surface area (Å²) >= 11 is 0. The third kappa shape index (κ3) is 2.65. The highest BCUT2D eigenvalue weighted by molar-refractivity contribution is 5.97. The van der Waals surface area contributed by atoms with Crippen molar-refractivity contribution in [3.63, 3.8) is 0 Å². The summed E-state index contributed by atoms with van der Waals surface area (Å²) in [4.78, 5) is 20.2. The van der Waals surface area contributed by atoms with Crippen LogP contribution in [-0.4, -0.2) is 77.6 Å². The van der Waals surface area contributed by atoms with E-state index in [0.717, 1.165) is 68.6 Å². The molecule has 23 heavy (non-hydrogen) atoms. The minimum absolute atomic E-state index is 0.233. The van der Waals surface area contributed by atoms with E-state index in [-0.39, 0.29) is 5.78 Å². The van der Waals surface area contributed by atoms with Gasteiger partial charge in [0, 0.05) is 5.56 Å². The molecule has 0 amide bonds. The molecule has 0 atom stereocenters. The normalized spacial score (nSPS) is 37.8. The predicted octanol–water partition coefficient (Wildman–Crippen LogP) is 0.919. The van der Waals surface area contributed by atoms with Crippen molar-refractivity contribution in [2.24, 2.45) is 0 Å². The van der Waals surface area contributed by atoms with Gasteiger partial charge < -0.3 is 4.74 Å². The minimum Gasteiger partial charge on any atom is -0.490 e. The Morgan fingerprint density at radius 3 is 2.35 bits per heavy atom. The first-order chi connectivity index (χ1) is 11.2. The second-order valence-corrected chi connectivity index (χ2v) is 7.63. The van der Waals surface area contributed by atoms with Crippen molar-refractivity contribution in [1.82, 2.24) is 14.7 Å². The summed E-state index contributed by atoms with van der Waals surface area (Å²) in [5.41, 5.74) is 0.789. The highest BCUT2D eigenvalue weighted by Gasteiger charge is 2.49. The molecule has 4 bridgehead atoms. The molecule has 6 nitrogen and oxygen atoms in total. The fourth-order valence-corrected chi connectivity index (χ4v) is 4.33.